The Labute approximate surface area is 134 Å². The van der Waals surface area contributed by atoms with E-state index in [2.05, 4.69) is 37.2 Å². The minimum Gasteiger partial charge on any atom is -0.497 e. The SMILES string of the molecule is COc1ccc2c(c1)[C@]1(CCN(C)C)CCCC[C@]1(O)CC2. The zero-order chi connectivity index (χ0) is 15.8. The fourth-order valence-electron chi connectivity index (χ4n) is 4.66. The molecule has 122 valence electrons. The molecule has 1 N–H and O–H groups in total. The Morgan fingerprint density at radius 3 is 2.68 bits per heavy atom. The lowest BCUT2D eigenvalue weighted by Crippen LogP contribution is -2.57. The minimum atomic E-state index is -0.541. The molecule has 0 bridgehead atoms. The molecule has 0 unspecified atom stereocenters. The van der Waals surface area contributed by atoms with Crippen LogP contribution in [0.5, 0.6) is 5.75 Å². The van der Waals surface area contributed by atoms with Crippen molar-refractivity contribution in [3.63, 3.8) is 0 Å². The molecule has 1 saturated carbocycles. The van der Waals surface area contributed by atoms with Gasteiger partial charge < -0.3 is 14.7 Å². The molecule has 0 amide bonds. The number of rotatable bonds is 4. The molecule has 2 aliphatic carbocycles. The van der Waals surface area contributed by atoms with Crippen molar-refractivity contribution in [3.8, 4) is 5.75 Å². The van der Waals surface area contributed by atoms with Gasteiger partial charge in [0.1, 0.15) is 5.75 Å². The number of hydrogen-bond acceptors (Lipinski definition) is 3. The van der Waals surface area contributed by atoms with E-state index in [1.165, 1.54) is 17.5 Å². The van der Waals surface area contributed by atoms with E-state index in [0.29, 0.717) is 0 Å². The predicted molar refractivity (Wildman–Crippen MR) is 89.6 cm³/mol. The molecule has 3 heteroatoms. The van der Waals surface area contributed by atoms with E-state index in [9.17, 15) is 5.11 Å². The van der Waals surface area contributed by atoms with Crippen LogP contribution >= 0.6 is 0 Å². The number of fused-ring (bicyclic) bond motifs is 3. The van der Waals surface area contributed by atoms with E-state index in [-0.39, 0.29) is 5.41 Å². The van der Waals surface area contributed by atoms with Gasteiger partial charge in [-0.2, -0.15) is 0 Å². The van der Waals surface area contributed by atoms with Gasteiger partial charge in [0.05, 0.1) is 12.7 Å². The van der Waals surface area contributed by atoms with Gasteiger partial charge in [0.2, 0.25) is 0 Å². The molecule has 3 nitrogen and oxygen atoms in total. The Hall–Kier alpha value is -1.06. The summed E-state index contributed by atoms with van der Waals surface area (Å²) in [5.74, 6) is 0.915. The maximum atomic E-state index is 11.5. The van der Waals surface area contributed by atoms with Crippen molar-refractivity contribution in [2.45, 2.75) is 56.0 Å². The van der Waals surface area contributed by atoms with Gasteiger partial charge in [-0.15, -0.1) is 0 Å². The fraction of sp³-hybridized carbons (Fsp3) is 0.684. The molecule has 0 radical (unpaired) electrons. The number of benzene rings is 1. The zero-order valence-corrected chi connectivity index (χ0v) is 14.2. The van der Waals surface area contributed by atoms with Gasteiger partial charge in [-0.05, 0) is 76.0 Å². The maximum absolute atomic E-state index is 11.5. The fourth-order valence-corrected chi connectivity index (χ4v) is 4.66. The first-order valence-corrected chi connectivity index (χ1v) is 8.55. The smallest absolute Gasteiger partial charge is 0.119 e. The van der Waals surface area contributed by atoms with Gasteiger partial charge in [0.15, 0.2) is 0 Å². The van der Waals surface area contributed by atoms with Crippen LogP contribution in [0.25, 0.3) is 0 Å². The van der Waals surface area contributed by atoms with Crippen LogP contribution < -0.4 is 4.74 Å². The lowest BCUT2D eigenvalue weighted by molar-refractivity contribution is -0.0887. The van der Waals surface area contributed by atoms with Crippen LogP contribution in [0.4, 0.5) is 0 Å². The van der Waals surface area contributed by atoms with Crippen molar-refractivity contribution in [1.29, 1.82) is 0 Å². The van der Waals surface area contributed by atoms with Crippen LogP contribution in [0, 0.1) is 0 Å². The highest BCUT2D eigenvalue weighted by Gasteiger charge is 2.54. The second-order valence-electron chi connectivity index (χ2n) is 7.40. The number of ether oxygens (including phenoxy) is 1. The molecular weight excluding hydrogens is 274 g/mol. The number of aryl methyl sites for hydroxylation is 1. The standard InChI is InChI=1S/C19H29NO2/c1-20(2)13-12-18-9-4-5-10-19(18,21)11-8-15-6-7-16(22-3)14-17(15)18/h6-7,14,21H,4-5,8-13H2,1-3H3/t18-,19+/m1/s1. The van der Waals surface area contributed by atoms with E-state index in [4.69, 9.17) is 4.74 Å². The average Bonchev–Trinajstić information content (AvgIpc) is 2.52. The quantitative estimate of drug-likeness (QED) is 0.927. The van der Waals surface area contributed by atoms with Crippen LogP contribution in [0.3, 0.4) is 0 Å². The van der Waals surface area contributed by atoms with Gasteiger partial charge in [-0.1, -0.05) is 18.9 Å². The summed E-state index contributed by atoms with van der Waals surface area (Å²) in [6.45, 7) is 1.01. The number of methoxy groups -OCH3 is 1. The van der Waals surface area contributed by atoms with E-state index < -0.39 is 5.60 Å². The summed E-state index contributed by atoms with van der Waals surface area (Å²) in [5, 5.41) is 11.5. The van der Waals surface area contributed by atoms with Crippen molar-refractivity contribution in [2.24, 2.45) is 0 Å². The molecule has 22 heavy (non-hydrogen) atoms. The molecule has 0 aromatic heterocycles. The molecule has 1 aromatic carbocycles. The van der Waals surface area contributed by atoms with Gasteiger partial charge in [-0.3, -0.25) is 0 Å². The highest BCUT2D eigenvalue weighted by Crippen LogP contribution is 2.55. The van der Waals surface area contributed by atoms with Crippen LogP contribution in [0.1, 0.15) is 49.7 Å². The summed E-state index contributed by atoms with van der Waals surface area (Å²) in [6, 6.07) is 6.46. The lowest BCUT2D eigenvalue weighted by Gasteiger charge is -2.55. The van der Waals surface area contributed by atoms with Crippen molar-refractivity contribution in [1.82, 2.24) is 4.90 Å². The molecule has 2 atom stereocenters. The normalized spacial score (nSPS) is 30.8. The van der Waals surface area contributed by atoms with E-state index in [1.54, 1.807) is 7.11 Å². The highest BCUT2D eigenvalue weighted by molar-refractivity contribution is 5.46. The van der Waals surface area contributed by atoms with Crippen molar-refractivity contribution in [3.05, 3.63) is 29.3 Å². The molecule has 1 aromatic rings. The molecular formula is C19H29NO2. The number of aliphatic hydroxyl groups is 1. The summed E-state index contributed by atoms with van der Waals surface area (Å²) in [4.78, 5) is 2.23. The van der Waals surface area contributed by atoms with E-state index in [0.717, 1.165) is 50.8 Å². The third kappa shape index (κ3) is 2.44. The number of hydrogen-bond donors (Lipinski definition) is 1. The van der Waals surface area contributed by atoms with Gasteiger partial charge >= 0.3 is 0 Å². The monoisotopic (exact) mass is 303 g/mol. The minimum absolute atomic E-state index is 0.0996. The summed E-state index contributed by atoms with van der Waals surface area (Å²) >= 11 is 0. The Kier molecular flexibility index (Phi) is 4.21. The Morgan fingerprint density at radius 1 is 1.18 bits per heavy atom. The predicted octanol–water partition coefficient (Wildman–Crippen LogP) is 3.14. The van der Waals surface area contributed by atoms with Crippen molar-refractivity contribution >= 4 is 0 Å². The Bertz CT molecular complexity index is 542. The second-order valence-corrected chi connectivity index (χ2v) is 7.40. The summed E-state index contributed by atoms with van der Waals surface area (Å²) in [5.41, 5.74) is 2.12. The second kappa shape index (κ2) is 5.86. The molecule has 2 aliphatic rings. The van der Waals surface area contributed by atoms with Crippen LogP contribution in [-0.4, -0.2) is 43.4 Å². The third-order valence-corrected chi connectivity index (χ3v) is 5.96. The third-order valence-electron chi connectivity index (χ3n) is 5.96. The largest absolute Gasteiger partial charge is 0.497 e. The van der Waals surface area contributed by atoms with Crippen LogP contribution in [0.15, 0.2) is 18.2 Å². The lowest BCUT2D eigenvalue weighted by atomic mass is 9.53. The van der Waals surface area contributed by atoms with Gasteiger partial charge in [0.25, 0.3) is 0 Å². The molecule has 0 saturated heterocycles. The summed E-state index contributed by atoms with van der Waals surface area (Å²) in [7, 11) is 5.96. The zero-order valence-electron chi connectivity index (χ0n) is 14.2. The molecule has 3 rings (SSSR count). The first-order valence-electron chi connectivity index (χ1n) is 8.55. The van der Waals surface area contributed by atoms with Crippen molar-refractivity contribution in [2.75, 3.05) is 27.7 Å². The van der Waals surface area contributed by atoms with Gasteiger partial charge in [-0.25, -0.2) is 0 Å². The first kappa shape index (κ1) is 15.8. The Morgan fingerprint density at radius 2 is 1.95 bits per heavy atom. The topological polar surface area (TPSA) is 32.7 Å². The van der Waals surface area contributed by atoms with Gasteiger partial charge in [0, 0.05) is 5.41 Å². The van der Waals surface area contributed by atoms with Crippen LogP contribution in [0.2, 0.25) is 0 Å². The Balaban J connectivity index is 2.09. The summed E-state index contributed by atoms with van der Waals surface area (Å²) < 4.78 is 5.47. The highest BCUT2D eigenvalue weighted by atomic mass is 16.5. The summed E-state index contributed by atoms with van der Waals surface area (Å²) in [6.07, 6.45) is 7.32. The molecule has 1 fully saturated rings. The first-order chi connectivity index (χ1) is 10.5. The average molecular weight is 303 g/mol. The molecule has 0 heterocycles. The van der Waals surface area contributed by atoms with Crippen molar-refractivity contribution < 1.29 is 9.84 Å². The van der Waals surface area contributed by atoms with E-state index >= 15 is 0 Å². The number of nitrogens with zero attached hydrogens (tertiary/aromatic N) is 1. The maximum Gasteiger partial charge on any atom is 0.119 e. The van der Waals surface area contributed by atoms with E-state index in [1.807, 2.05) is 0 Å². The molecule has 0 aliphatic heterocycles. The van der Waals surface area contributed by atoms with Crippen LogP contribution in [-0.2, 0) is 11.8 Å². The molecule has 0 spiro atoms.